The van der Waals surface area contributed by atoms with Crippen LogP contribution in [0.3, 0.4) is 0 Å². The van der Waals surface area contributed by atoms with Crippen molar-refractivity contribution in [2.45, 2.75) is 33.3 Å². The van der Waals surface area contributed by atoms with Gasteiger partial charge in [-0.15, -0.1) is 11.3 Å². The molecule has 0 spiro atoms. The lowest BCUT2D eigenvalue weighted by atomic mass is 10.1. The number of benzene rings is 1. The maximum Gasteiger partial charge on any atom is 0.278 e. The van der Waals surface area contributed by atoms with Crippen LogP contribution in [0.15, 0.2) is 41.4 Å². The van der Waals surface area contributed by atoms with Gasteiger partial charge >= 0.3 is 0 Å². The van der Waals surface area contributed by atoms with E-state index in [9.17, 15) is 9.59 Å². The fourth-order valence-corrected chi connectivity index (χ4v) is 3.98. The Morgan fingerprint density at radius 3 is 2.64 bits per heavy atom. The molecule has 2 amide bonds. The maximum absolute atomic E-state index is 13.1. The molecular formula is C21H23ClN2O3S. The van der Waals surface area contributed by atoms with Crippen molar-refractivity contribution in [1.82, 2.24) is 4.90 Å². The second-order valence-corrected chi connectivity index (χ2v) is 8.23. The van der Waals surface area contributed by atoms with E-state index in [4.69, 9.17) is 16.3 Å². The molecule has 7 heteroatoms. The normalized spacial score (nSPS) is 14.5. The Balaban J connectivity index is 1.87. The first-order chi connectivity index (χ1) is 13.4. The minimum atomic E-state index is -0.313. The molecule has 0 bridgehead atoms. The minimum Gasteiger partial charge on any atom is -0.379 e. The molecular weight excluding hydrogens is 396 g/mol. The number of ether oxygens (including phenoxy) is 1. The molecule has 0 saturated heterocycles. The average Bonchev–Trinajstić information content (AvgIpc) is 3.23. The highest BCUT2D eigenvalue weighted by atomic mass is 35.5. The molecule has 28 heavy (non-hydrogen) atoms. The van der Waals surface area contributed by atoms with Crippen molar-refractivity contribution < 1.29 is 14.3 Å². The Labute approximate surface area is 173 Å². The third kappa shape index (κ3) is 4.46. The lowest BCUT2D eigenvalue weighted by Crippen LogP contribution is -2.34. The summed E-state index contributed by atoms with van der Waals surface area (Å²) < 4.78 is 5.53. The zero-order valence-electron chi connectivity index (χ0n) is 16.1. The Morgan fingerprint density at radius 1 is 1.21 bits per heavy atom. The summed E-state index contributed by atoms with van der Waals surface area (Å²) in [5.74, 6) is -0.585. The quantitative estimate of drug-likeness (QED) is 0.498. The van der Waals surface area contributed by atoms with Gasteiger partial charge in [-0.1, -0.05) is 17.7 Å². The number of amides is 2. The monoisotopic (exact) mass is 418 g/mol. The van der Waals surface area contributed by atoms with E-state index in [0.717, 1.165) is 16.1 Å². The van der Waals surface area contributed by atoms with Crippen LogP contribution in [0.2, 0.25) is 5.02 Å². The van der Waals surface area contributed by atoms with E-state index in [0.29, 0.717) is 35.9 Å². The van der Waals surface area contributed by atoms with E-state index >= 15 is 0 Å². The first-order valence-electron chi connectivity index (χ1n) is 9.17. The Morgan fingerprint density at radius 2 is 2.00 bits per heavy atom. The van der Waals surface area contributed by atoms with Crippen molar-refractivity contribution in [3.8, 4) is 0 Å². The molecule has 2 heterocycles. The van der Waals surface area contributed by atoms with Crippen LogP contribution in [0, 0.1) is 6.92 Å². The molecule has 0 atom stereocenters. The molecule has 0 saturated carbocycles. The van der Waals surface area contributed by atoms with Gasteiger partial charge < -0.3 is 10.1 Å². The van der Waals surface area contributed by atoms with Crippen molar-refractivity contribution in [3.63, 3.8) is 0 Å². The van der Waals surface area contributed by atoms with Gasteiger partial charge in [-0.2, -0.15) is 0 Å². The Kier molecular flexibility index (Phi) is 6.54. The number of nitrogens with one attached hydrogen (secondary N) is 1. The molecule has 148 valence electrons. The fourth-order valence-electron chi connectivity index (χ4n) is 2.99. The maximum atomic E-state index is 13.1. The lowest BCUT2D eigenvalue weighted by Gasteiger charge is -2.16. The first kappa shape index (κ1) is 20.6. The average molecular weight is 419 g/mol. The van der Waals surface area contributed by atoms with Crippen LogP contribution < -0.4 is 5.32 Å². The van der Waals surface area contributed by atoms with Gasteiger partial charge in [-0.25, -0.2) is 0 Å². The number of aryl methyl sites for hydroxylation is 1. The molecule has 0 radical (unpaired) electrons. The summed E-state index contributed by atoms with van der Waals surface area (Å²) in [4.78, 5) is 28.2. The molecule has 0 aliphatic carbocycles. The zero-order valence-corrected chi connectivity index (χ0v) is 17.7. The van der Waals surface area contributed by atoms with Crippen molar-refractivity contribution in [2.75, 3.05) is 18.5 Å². The third-order valence-corrected chi connectivity index (χ3v) is 5.48. The van der Waals surface area contributed by atoms with Crippen molar-refractivity contribution in [3.05, 3.63) is 56.9 Å². The predicted molar refractivity (Wildman–Crippen MR) is 113 cm³/mol. The number of halogens is 1. The SMILES string of the molecule is Cc1cc(Cl)ccc1NC1=C(c2cccs2)C(=O)N(CCCOC(C)C)C1=O. The summed E-state index contributed by atoms with van der Waals surface area (Å²) in [6.45, 7) is 6.65. The van der Waals surface area contributed by atoms with Gasteiger partial charge in [0.1, 0.15) is 5.70 Å². The van der Waals surface area contributed by atoms with Gasteiger partial charge in [0.2, 0.25) is 0 Å². The van der Waals surface area contributed by atoms with Crippen LogP contribution in [-0.4, -0.2) is 36.0 Å². The fraction of sp³-hybridized carbons (Fsp3) is 0.333. The highest BCUT2D eigenvalue weighted by molar-refractivity contribution is 7.11. The summed E-state index contributed by atoms with van der Waals surface area (Å²) in [7, 11) is 0. The molecule has 1 aromatic carbocycles. The van der Waals surface area contributed by atoms with Gasteiger partial charge in [0.15, 0.2) is 0 Å². The highest BCUT2D eigenvalue weighted by Crippen LogP contribution is 2.33. The van der Waals surface area contributed by atoms with E-state index in [2.05, 4.69) is 5.32 Å². The molecule has 1 aliphatic heterocycles. The van der Waals surface area contributed by atoms with E-state index in [1.807, 2.05) is 50.4 Å². The first-order valence-corrected chi connectivity index (χ1v) is 10.4. The predicted octanol–water partition coefficient (Wildman–Crippen LogP) is 4.72. The van der Waals surface area contributed by atoms with Crippen molar-refractivity contribution >= 4 is 46.0 Å². The molecule has 5 nitrogen and oxygen atoms in total. The molecule has 0 fully saturated rings. The van der Waals surface area contributed by atoms with Gasteiger partial charge in [0.05, 0.1) is 11.7 Å². The Bertz CT molecular complexity index is 906. The van der Waals surface area contributed by atoms with E-state index < -0.39 is 0 Å². The number of hydrogen-bond acceptors (Lipinski definition) is 5. The largest absolute Gasteiger partial charge is 0.379 e. The highest BCUT2D eigenvalue weighted by Gasteiger charge is 2.39. The van der Waals surface area contributed by atoms with Crippen molar-refractivity contribution in [1.29, 1.82) is 0 Å². The van der Waals surface area contributed by atoms with E-state index in [-0.39, 0.29) is 17.9 Å². The lowest BCUT2D eigenvalue weighted by molar-refractivity contribution is -0.137. The molecule has 2 aromatic rings. The van der Waals surface area contributed by atoms with Gasteiger partial charge in [0.25, 0.3) is 11.8 Å². The van der Waals surface area contributed by atoms with Crippen LogP contribution >= 0.6 is 22.9 Å². The van der Waals surface area contributed by atoms with Crippen LogP contribution in [0.1, 0.15) is 30.7 Å². The standard InChI is InChI=1S/C21H23ClN2O3S/c1-13(2)27-10-5-9-24-20(25)18(17-6-4-11-28-17)19(21(24)26)23-16-8-7-15(22)12-14(16)3/h4,6-8,11-13,23H,5,9-10H2,1-3H3. The third-order valence-electron chi connectivity index (χ3n) is 4.36. The number of carbonyl (C=O) groups is 2. The van der Waals surface area contributed by atoms with E-state index in [1.54, 1.807) is 6.07 Å². The Hall–Kier alpha value is -2.15. The second-order valence-electron chi connectivity index (χ2n) is 6.85. The zero-order chi connectivity index (χ0) is 20.3. The summed E-state index contributed by atoms with van der Waals surface area (Å²) in [5, 5.41) is 5.69. The minimum absolute atomic E-state index is 0.120. The summed E-state index contributed by atoms with van der Waals surface area (Å²) in [6, 6.07) is 9.11. The number of imide groups is 1. The summed E-state index contributed by atoms with van der Waals surface area (Å²) in [5.41, 5.74) is 2.37. The van der Waals surface area contributed by atoms with Gasteiger partial charge in [-0.05, 0) is 62.4 Å². The topological polar surface area (TPSA) is 58.6 Å². The summed E-state index contributed by atoms with van der Waals surface area (Å²) in [6.07, 6.45) is 0.718. The number of hydrogen-bond donors (Lipinski definition) is 1. The van der Waals surface area contributed by atoms with Gasteiger partial charge in [-0.3, -0.25) is 14.5 Å². The van der Waals surface area contributed by atoms with Crippen LogP contribution in [0.4, 0.5) is 5.69 Å². The number of anilines is 1. The van der Waals surface area contributed by atoms with Crippen LogP contribution in [-0.2, 0) is 14.3 Å². The van der Waals surface area contributed by atoms with Crippen LogP contribution in [0.5, 0.6) is 0 Å². The van der Waals surface area contributed by atoms with E-state index in [1.165, 1.54) is 16.2 Å². The number of rotatable bonds is 8. The molecule has 1 N–H and O–H groups in total. The summed E-state index contributed by atoms with van der Waals surface area (Å²) >= 11 is 7.47. The van der Waals surface area contributed by atoms with Gasteiger partial charge in [0, 0.05) is 28.7 Å². The number of thiophene rings is 1. The smallest absolute Gasteiger partial charge is 0.278 e. The number of nitrogens with zero attached hydrogens (tertiary/aromatic N) is 1. The number of carbonyl (C=O) groups excluding carboxylic acids is 2. The second kappa shape index (κ2) is 8.90. The van der Waals surface area contributed by atoms with Crippen molar-refractivity contribution in [2.24, 2.45) is 0 Å². The molecule has 3 rings (SSSR count). The molecule has 1 aromatic heterocycles. The molecule has 1 aliphatic rings. The van der Waals surface area contributed by atoms with Crippen LogP contribution in [0.25, 0.3) is 5.57 Å². The molecule has 0 unspecified atom stereocenters.